The molecule has 0 atom stereocenters. The van der Waals surface area contributed by atoms with E-state index in [1.807, 2.05) is 24.3 Å². The first-order chi connectivity index (χ1) is 12.7. The van der Waals surface area contributed by atoms with E-state index in [0.29, 0.717) is 22.4 Å². The average molecular weight is 355 g/mol. The maximum atomic E-state index is 12.7. The van der Waals surface area contributed by atoms with Crippen LogP contribution in [0.25, 0.3) is 0 Å². The van der Waals surface area contributed by atoms with Crippen molar-refractivity contribution in [1.82, 2.24) is 0 Å². The summed E-state index contributed by atoms with van der Waals surface area (Å²) in [5, 5.41) is 21.2. The minimum absolute atomic E-state index is 0.301. The zero-order valence-electron chi connectivity index (χ0n) is 13.6. The highest BCUT2D eigenvalue weighted by atomic mass is 32.2. The van der Waals surface area contributed by atoms with Crippen LogP contribution in [0.1, 0.15) is 21.5 Å². The quantitative estimate of drug-likeness (QED) is 0.727. The molecule has 124 valence electrons. The molecule has 0 aliphatic carbocycles. The topological polar surface area (TPSA) is 76.7 Å². The third kappa shape index (κ3) is 3.75. The normalized spacial score (nSPS) is 9.77. The number of nitrogens with one attached hydrogen (secondary N) is 1. The number of hydrogen-bond acceptors (Lipinski definition) is 4. The molecule has 5 heteroatoms. The average Bonchev–Trinajstić information content (AvgIpc) is 2.69. The molecular formula is C21H13N3OS. The van der Waals surface area contributed by atoms with Crippen molar-refractivity contribution in [2.24, 2.45) is 0 Å². The van der Waals surface area contributed by atoms with E-state index in [0.717, 1.165) is 9.79 Å². The van der Waals surface area contributed by atoms with E-state index in [4.69, 9.17) is 0 Å². The van der Waals surface area contributed by atoms with Gasteiger partial charge in [-0.25, -0.2) is 0 Å². The summed E-state index contributed by atoms with van der Waals surface area (Å²) in [5.41, 5.74) is 1.92. The molecule has 3 aromatic carbocycles. The van der Waals surface area contributed by atoms with Crippen molar-refractivity contribution in [3.05, 3.63) is 89.5 Å². The Hall–Kier alpha value is -3.54. The van der Waals surface area contributed by atoms with Crippen LogP contribution in [0.2, 0.25) is 0 Å². The summed E-state index contributed by atoms with van der Waals surface area (Å²) in [4.78, 5) is 14.3. The van der Waals surface area contributed by atoms with Crippen molar-refractivity contribution in [1.29, 1.82) is 10.5 Å². The highest BCUT2D eigenvalue weighted by Crippen LogP contribution is 2.33. The largest absolute Gasteiger partial charge is 0.321 e. The predicted molar refractivity (Wildman–Crippen MR) is 101 cm³/mol. The minimum Gasteiger partial charge on any atom is -0.321 e. The van der Waals surface area contributed by atoms with E-state index in [-0.39, 0.29) is 5.91 Å². The van der Waals surface area contributed by atoms with Crippen LogP contribution in [0.4, 0.5) is 5.69 Å². The lowest BCUT2D eigenvalue weighted by atomic mass is 10.1. The zero-order chi connectivity index (χ0) is 18.4. The maximum Gasteiger partial charge on any atom is 0.256 e. The number of carbonyl (C=O) groups excluding carboxylic acids is 1. The highest BCUT2D eigenvalue weighted by molar-refractivity contribution is 7.99. The number of anilines is 1. The molecule has 0 aliphatic heterocycles. The summed E-state index contributed by atoms with van der Waals surface area (Å²) in [6.45, 7) is 0. The van der Waals surface area contributed by atoms with Gasteiger partial charge in [-0.1, -0.05) is 48.2 Å². The van der Waals surface area contributed by atoms with Gasteiger partial charge in [0.2, 0.25) is 0 Å². The fraction of sp³-hybridized carbons (Fsp3) is 0. The minimum atomic E-state index is -0.301. The summed E-state index contributed by atoms with van der Waals surface area (Å²) in [6.07, 6.45) is 0. The number of nitriles is 2. The summed E-state index contributed by atoms with van der Waals surface area (Å²) in [7, 11) is 0. The molecule has 26 heavy (non-hydrogen) atoms. The van der Waals surface area contributed by atoms with E-state index in [1.165, 1.54) is 11.8 Å². The van der Waals surface area contributed by atoms with Crippen molar-refractivity contribution >= 4 is 23.4 Å². The van der Waals surface area contributed by atoms with Gasteiger partial charge < -0.3 is 5.32 Å². The molecule has 1 N–H and O–H groups in total. The number of para-hydroxylation sites is 1. The predicted octanol–water partition coefficient (Wildman–Crippen LogP) is 4.83. The number of carbonyl (C=O) groups is 1. The lowest BCUT2D eigenvalue weighted by Gasteiger charge is -2.11. The molecule has 0 radical (unpaired) electrons. The van der Waals surface area contributed by atoms with Crippen LogP contribution in [-0.4, -0.2) is 5.91 Å². The van der Waals surface area contributed by atoms with E-state index >= 15 is 0 Å². The van der Waals surface area contributed by atoms with Crippen molar-refractivity contribution in [3.63, 3.8) is 0 Å². The number of hydrogen-bond donors (Lipinski definition) is 1. The lowest BCUT2D eigenvalue weighted by Crippen LogP contribution is -2.13. The van der Waals surface area contributed by atoms with Crippen molar-refractivity contribution in [3.8, 4) is 12.1 Å². The fourth-order valence-electron chi connectivity index (χ4n) is 2.39. The van der Waals surface area contributed by atoms with E-state index in [2.05, 4.69) is 17.5 Å². The van der Waals surface area contributed by atoms with Gasteiger partial charge in [-0.2, -0.15) is 10.5 Å². The van der Waals surface area contributed by atoms with Gasteiger partial charge in [0, 0.05) is 9.79 Å². The van der Waals surface area contributed by atoms with Gasteiger partial charge in [-0.3, -0.25) is 4.79 Å². The molecular weight excluding hydrogens is 342 g/mol. The number of nitrogens with zero attached hydrogens (tertiary/aromatic N) is 2. The molecule has 3 aromatic rings. The SMILES string of the molecule is N#Cc1ccccc1NC(=O)c1ccccc1Sc1ccccc1C#N. The highest BCUT2D eigenvalue weighted by Gasteiger charge is 2.14. The molecule has 4 nitrogen and oxygen atoms in total. The first-order valence-corrected chi connectivity index (χ1v) is 8.61. The first kappa shape index (κ1) is 17.3. The van der Waals surface area contributed by atoms with Crippen molar-refractivity contribution in [2.45, 2.75) is 9.79 Å². The Morgan fingerprint density at radius 3 is 2.08 bits per heavy atom. The summed E-state index contributed by atoms with van der Waals surface area (Å²) >= 11 is 1.37. The summed E-state index contributed by atoms with van der Waals surface area (Å²) < 4.78 is 0. The molecule has 3 rings (SSSR count). The second kappa shape index (κ2) is 8.02. The van der Waals surface area contributed by atoms with Crippen LogP contribution in [0, 0.1) is 22.7 Å². The van der Waals surface area contributed by atoms with E-state index < -0.39 is 0 Å². The van der Waals surface area contributed by atoms with Crippen molar-refractivity contribution in [2.75, 3.05) is 5.32 Å². The fourth-order valence-corrected chi connectivity index (χ4v) is 3.41. The molecule has 0 spiro atoms. The number of amides is 1. The Bertz CT molecular complexity index is 1050. The first-order valence-electron chi connectivity index (χ1n) is 7.79. The van der Waals surface area contributed by atoms with Gasteiger partial charge in [-0.15, -0.1) is 0 Å². The smallest absolute Gasteiger partial charge is 0.256 e. The number of benzene rings is 3. The van der Waals surface area contributed by atoms with Crippen LogP contribution >= 0.6 is 11.8 Å². The van der Waals surface area contributed by atoms with Gasteiger partial charge in [-0.05, 0) is 36.4 Å². The van der Waals surface area contributed by atoms with E-state index in [9.17, 15) is 15.3 Å². The molecule has 1 amide bonds. The summed E-state index contributed by atoms with van der Waals surface area (Å²) in [6, 6.07) is 25.5. The molecule has 0 heterocycles. The van der Waals surface area contributed by atoms with Gasteiger partial charge in [0.15, 0.2) is 0 Å². The Kier molecular flexibility index (Phi) is 5.34. The molecule has 0 fully saturated rings. The zero-order valence-corrected chi connectivity index (χ0v) is 14.5. The Morgan fingerprint density at radius 1 is 0.769 bits per heavy atom. The van der Waals surface area contributed by atoms with Gasteiger partial charge in [0.1, 0.15) is 12.1 Å². The Morgan fingerprint density at radius 2 is 1.35 bits per heavy atom. The molecule has 0 saturated carbocycles. The third-order valence-corrected chi connectivity index (χ3v) is 4.81. The second-order valence-electron chi connectivity index (χ2n) is 5.32. The van der Waals surface area contributed by atoms with Gasteiger partial charge >= 0.3 is 0 Å². The molecule has 0 saturated heterocycles. The third-order valence-electron chi connectivity index (χ3n) is 3.65. The van der Waals surface area contributed by atoms with Gasteiger partial charge in [0.05, 0.1) is 22.4 Å². The molecule has 0 unspecified atom stereocenters. The number of rotatable bonds is 4. The standard InChI is InChI=1S/C21H13N3OS/c22-13-15-7-1-4-10-18(15)24-21(25)17-9-3-6-12-20(17)26-19-11-5-2-8-16(19)14-23/h1-12H,(H,24,25). The van der Waals surface area contributed by atoms with E-state index in [1.54, 1.807) is 48.5 Å². The Labute approximate surface area is 155 Å². The summed E-state index contributed by atoms with van der Waals surface area (Å²) in [5.74, 6) is -0.301. The van der Waals surface area contributed by atoms with Crippen LogP contribution in [-0.2, 0) is 0 Å². The monoisotopic (exact) mass is 355 g/mol. The van der Waals surface area contributed by atoms with Gasteiger partial charge in [0.25, 0.3) is 5.91 Å². The van der Waals surface area contributed by atoms with Crippen LogP contribution in [0.3, 0.4) is 0 Å². The van der Waals surface area contributed by atoms with Crippen LogP contribution in [0.15, 0.2) is 82.6 Å². The van der Waals surface area contributed by atoms with Crippen molar-refractivity contribution < 1.29 is 4.79 Å². The Balaban J connectivity index is 1.91. The van der Waals surface area contributed by atoms with Crippen LogP contribution < -0.4 is 5.32 Å². The molecule has 0 aliphatic rings. The van der Waals surface area contributed by atoms with Crippen LogP contribution in [0.5, 0.6) is 0 Å². The lowest BCUT2D eigenvalue weighted by molar-refractivity contribution is 0.102. The molecule has 0 bridgehead atoms. The molecule has 0 aromatic heterocycles. The second-order valence-corrected chi connectivity index (χ2v) is 6.40. The maximum absolute atomic E-state index is 12.7.